The fraction of sp³-hybridized carbons (Fsp3) is 0.100. The van der Waals surface area contributed by atoms with E-state index in [9.17, 15) is 14.4 Å². The fourth-order valence-electron chi connectivity index (χ4n) is 3.60. The molecule has 0 bridgehead atoms. The van der Waals surface area contributed by atoms with Crippen molar-refractivity contribution < 1.29 is 18.8 Å². The zero-order chi connectivity index (χ0) is 28.5. The summed E-state index contributed by atoms with van der Waals surface area (Å²) in [5.41, 5.74) is 1.34. The zero-order valence-electron chi connectivity index (χ0n) is 21.3. The molecule has 0 saturated heterocycles. The lowest BCUT2D eigenvalue weighted by atomic mass is 10.2. The second-order valence-electron chi connectivity index (χ2n) is 8.48. The summed E-state index contributed by atoms with van der Waals surface area (Å²) >= 11 is 13.6. The maximum absolute atomic E-state index is 13.2. The van der Waals surface area contributed by atoms with Gasteiger partial charge in [-0.3, -0.25) is 14.4 Å². The summed E-state index contributed by atoms with van der Waals surface area (Å²) in [6, 6.07) is 24.1. The van der Waals surface area contributed by atoms with Gasteiger partial charge in [0.25, 0.3) is 11.8 Å². The molecular weight excluding hydrogens is 569 g/mol. The molecule has 7 nitrogen and oxygen atoms in total. The molecule has 1 heterocycles. The van der Waals surface area contributed by atoms with E-state index < -0.39 is 17.1 Å². The summed E-state index contributed by atoms with van der Waals surface area (Å²) in [5, 5.41) is 8.51. The molecule has 204 valence electrons. The monoisotopic (exact) mass is 593 g/mol. The highest BCUT2D eigenvalue weighted by Crippen LogP contribution is 2.32. The van der Waals surface area contributed by atoms with E-state index in [0.29, 0.717) is 34.1 Å². The lowest BCUT2D eigenvalue weighted by Gasteiger charge is -2.16. The third-order valence-corrected chi connectivity index (χ3v) is 7.78. The van der Waals surface area contributed by atoms with Crippen LogP contribution in [0.3, 0.4) is 0 Å². The number of furan rings is 1. The summed E-state index contributed by atoms with van der Waals surface area (Å²) in [4.78, 5) is 39.7. The Morgan fingerprint density at radius 1 is 0.925 bits per heavy atom. The van der Waals surface area contributed by atoms with Crippen LogP contribution in [0.2, 0.25) is 10.0 Å². The van der Waals surface area contributed by atoms with Gasteiger partial charge in [-0.1, -0.05) is 60.5 Å². The molecular formula is C30H25Cl2N3O4S. The maximum Gasteiger partial charge on any atom is 0.272 e. The van der Waals surface area contributed by atoms with Gasteiger partial charge in [0.2, 0.25) is 5.91 Å². The minimum Gasteiger partial charge on any atom is -0.465 e. The Bertz CT molecular complexity index is 1530. The number of hydrogen-bond donors (Lipinski definition) is 3. The van der Waals surface area contributed by atoms with Crippen molar-refractivity contribution in [3.8, 4) is 0 Å². The van der Waals surface area contributed by atoms with Gasteiger partial charge in [0.15, 0.2) is 0 Å². The first-order chi connectivity index (χ1) is 19.3. The van der Waals surface area contributed by atoms with Gasteiger partial charge in [0.1, 0.15) is 11.5 Å². The lowest BCUT2D eigenvalue weighted by molar-refractivity contribution is -0.116. The van der Waals surface area contributed by atoms with E-state index in [-0.39, 0.29) is 16.6 Å². The number of benzene rings is 3. The van der Waals surface area contributed by atoms with Crippen molar-refractivity contribution >= 4 is 70.1 Å². The van der Waals surface area contributed by atoms with Crippen LogP contribution in [0.1, 0.15) is 29.5 Å². The van der Waals surface area contributed by atoms with E-state index in [4.69, 9.17) is 27.6 Å². The van der Waals surface area contributed by atoms with Crippen LogP contribution in [0.25, 0.3) is 6.08 Å². The first-order valence-corrected chi connectivity index (χ1v) is 13.9. The van der Waals surface area contributed by atoms with E-state index in [0.717, 1.165) is 4.90 Å². The first-order valence-electron chi connectivity index (χ1n) is 12.3. The van der Waals surface area contributed by atoms with Crippen molar-refractivity contribution in [3.05, 3.63) is 118 Å². The molecule has 0 spiro atoms. The molecule has 3 amide bonds. The number of halogens is 2. The third-order valence-electron chi connectivity index (χ3n) is 5.60. The number of nitrogens with one attached hydrogen (secondary N) is 3. The van der Waals surface area contributed by atoms with Gasteiger partial charge in [-0.05, 0) is 61.0 Å². The fourth-order valence-corrected chi connectivity index (χ4v) is 4.96. The Hall–Kier alpha value is -3.98. The molecule has 0 saturated carbocycles. The minimum absolute atomic E-state index is 0.00562. The Morgan fingerprint density at radius 3 is 2.42 bits per heavy atom. The molecule has 4 rings (SSSR count). The molecule has 1 aromatic heterocycles. The van der Waals surface area contributed by atoms with Gasteiger partial charge in [0.05, 0.1) is 27.2 Å². The molecule has 1 atom stereocenters. The molecule has 10 heteroatoms. The molecule has 4 aromatic rings. The molecule has 0 aliphatic carbocycles. The van der Waals surface area contributed by atoms with E-state index in [1.165, 1.54) is 24.1 Å². The van der Waals surface area contributed by atoms with Crippen LogP contribution in [0.4, 0.5) is 11.4 Å². The summed E-state index contributed by atoms with van der Waals surface area (Å²) in [6.07, 6.45) is 3.47. The predicted molar refractivity (Wildman–Crippen MR) is 161 cm³/mol. The highest BCUT2D eigenvalue weighted by molar-refractivity contribution is 8.00. The van der Waals surface area contributed by atoms with Gasteiger partial charge in [-0.2, -0.15) is 0 Å². The Balaban J connectivity index is 1.47. The molecule has 3 N–H and O–H groups in total. The Kier molecular flexibility index (Phi) is 10.1. The van der Waals surface area contributed by atoms with Crippen LogP contribution in [0.5, 0.6) is 0 Å². The summed E-state index contributed by atoms with van der Waals surface area (Å²) < 4.78 is 5.34. The van der Waals surface area contributed by atoms with E-state index >= 15 is 0 Å². The summed E-state index contributed by atoms with van der Waals surface area (Å²) in [5.74, 6) is -0.796. The number of thioether (sulfide) groups is 1. The highest BCUT2D eigenvalue weighted by atomic mass is 35.5. The SMILES string of the molecule is CCC(Sc1cccc(NC(=O)/C(=C/c2ccco2)NC(=O)c2ccccc2)c1)C(=O)Nc1cccc(Cl)c1Cl. The molecule has 1 unspecified atom stereocenters. The molecule has 3 aromatic carbocycles. The number of hydrogen-bond acceptors (Lipinski definition) is 5. The molecule has 0 radical (unpaired) electrons. The smallest absolute Gasteiger partial charge is 0.272 e. The summed E-state index contributed by atoms with van der Waals surface area (Å²) in [7, 11) is 0. The number of amides is 3. The van der Waals surface area contributed by atoms with E-state index in [1.54, 1.807) is 78.9 Å². The predicted octanol–water partition coefficient (Wildman–Crippen LogP) is 7.51. The zero-order valence-corrected chi connectivity index (χ0v) is 23.6. The van der Waals surface area contributed by atoms with E-state index in [2.05, 4.69) is 16.0 Å². The normalized spacial score (nSPS) is 11.9. The number of rotatable bonds is 10. The van der Waals surface area contributed by atoms with Gasteiger partial charge < -0.3 is 20.4 Å². The molecule has 0 aliphatic rings. The van der Waals surface area contributed by atoms with Crippen LogP contribution >= 0.6 is 35.0 Å². The van der Waals surface area contributed by atoms with Crippen molar-refractivity contribution in [2.24, 2.45) is 0 Å². The average Bonchev–Trinajstić information content (AvgIpc) is 3.47. The standard InChI is InChI=1S/C30H25Cl2N3O4S/c1-2-26(30(38)34-24-15-7-14-23(31)27(24)32)40-22-13-6-11-20(17-22)33-29(37)25(18-21-12-8-16-39-21)35-28(36)19-9-4-3-5-10-19/h3-18,26H,2H2,1H3,(H,33,37)(H,34,38)(H,35,36)/b25-18-. The van der Waals surface area contributed by atoms with Crippen molar-refractivity contribution in [1.29, 1.82) is 0 Å². The van der Waals surface area contributed by atoms with Crippen molar-refractivity contribution in [2.45, 2.75) is 23.5 Å². The molecule has 0 fully saturated rings. The average molecular weight is 595 g/mol. The Labute approximate surface area is 245 Å². The van der Waals surface area contributed by atoms with Crippen LogP contribution in [0.15, 0.2) is 106 Å². The third kappa shape index (κ3) is 7.79. The lowest BCUT2D eigenvalue weighted by Crippen LogP contribution is -2.30. The largest absolute Gasteiger partial charge is 0.465 e. The van der Waals surface area contributed by atoms with Crippen LogP contribution < -0.4 is 16.0 Å². The number of carbonyl (C=O) groups is 3. The van der Waals surface area contributed by atoms with Crippen molar-refractivity contribution in [1.82, 2.24) is 5.32 Å². The van der Waals surface area contributed by atoms with Crippen LogP contribution in [-0.2, 0) is 9.59 Å². The van der Waals surface area contributed by atoms with Crippen LogP contribution in [-0.4, -0.2) is 23.0 Å². The van der Waals surface area contributed by atoms with Gasteiger partial charge in [-0.25, -0.2) is 0 Å². The minimum atomic E-state index is -0.539. The second kappa shape index (κ2) is 13.9. The van der Waals surface area contributed by atoms with Gasteiger partial charge in [0, 0.05) is 22.2 Å². The maximum atomic E-state index is 13.2. The van der Waals surface area contributed by atoms with Gasteiger partial charge >= 0.3 is 0 Å². The van der Waals surface area contributed by atoms with Crippen molar-refractivity contribution in [2.75, 3.05) is 10.6 Å². The van der Waals surface area contributed by atoms with Crippen molar-refractivity contribution in [3.63, 3.8) is 0 Å². The highest BCUT2D eigenvalue weighted by Gasteiger charge is 2.20. The topological polar surface area (TPSA) is 100 Å². The van der Waals surface area contributed by atoms with E-state index in [1.807, 2.05) is 13.0 Å². The number of anilines is 2. The Morgan fingerprint density at radius 2 is 1.70 bits per heavy atom. The summed E-state index contributed by atoms with van der Waals surface area (Å²) in [6.45, 7) is 1.91. The number of carbonyl (C=O) groups excluding carboxylic acids is 3. The second-order valence-corrected chi connectivity index (χ2v) is 10.5. The van der Waals surface area contributed by atoms with Gasteiger partial charge in [-0.15, -0.1) is 11.8 Å². The quantitative estimate of drug-likeness (QED) is 0.130. The molecule has 0 aliphatic heterocycles. The molecule has 40 heavy (non-hydrogen) atoms. The van der Waals surface area contributed by atoms with Crippen LogP contribution in [0, 0.1) is 0 Å². The first kappa shape index (κ1) is 29.0.